The normalized spacial score (nSPS) is 14.8. The molecule has 4 rings (SSSR count). The zero-order chi connectivity index (χ0) is 18.1. The number of nitrogens with zero attached hydrogens (tertiary/aromatic N) is 1. The molecule has 0 bridgehead atoms. The average molecular weight is 365 g/mol. The van der Waals surface area contributed by atoms with Gasteiger partial charge in [-0.1, -0.05) is 18.2 Å². The van der Waals surface area contributed by atoms with Gasteiger partial charge in [0.25, 0.3) is 5.91 Å². The van der Waals surface area contributed by atoms with E-state index in [-0.39, 0.29) is 23.5 Å². The summed E-state index contributed by atoms with van der Waals surface area (Å²) in [6.45, 7) is 0. The standard InChI is InChI=1S/C20H19N3O2S/c21-19-15(8-9-16(22-19)12-6-7-12)20(25)23-18(17-5-2-10-26-17)13-3-1-4-14(24)11-13/h1-5,8-12,18,24H,6-7H2,(H2,21,22)(H,23,25). The van der Waals surface area contributed by atoms with Gasteiger partial charge in [-0.15, -0.1) is 11.3 Å². The van der Waals surface area contributed by atoms with Gasteiger partial charge in [0.2, 0.25) is 0 Å². The largest absolute Gasteiger partial charge is 0.508 e. The van der Waals surface area contributed by atoms with E-state index in [0.29, 0.717) is 11.5 Å². The topological polar surface area (TPSA) is 88.2 Å². The summed E-state index contributed by atoms with van der Waals surface area (Å²) in [7, 11) is 0. The second-order valence-corrected chi connectivity index (χ2v) is 7.44. The van der Waals surface area contributed by atoms with Crippen LogP contribution in [0.2, 0.25) is 0 Å². The molecule has 6 heteroatoms. The summed E-state index contributed by atoms with van der Waals surface area (Å²) >= 11 is 1.54. The van der Waals surface area contributed by atoms with Crippen LogP contribution in [0.5, 0.6) is 5.75 Å². The highest BCUT2D eigenvalue weighted by atomic mass is 32.1. The van der Waals surface area contributed by atoms with Gasteiger partial charge in [-0.3, -0.25) is 4.79 Å². The fraction of sp³-hybridized carbons (Fsp3) is 0.200. The van der Waals surface area contributed by atoms with Crippen LogP contribution in [0.3, 0.4) is 0 Å². The molecule has 0 aliphatic heterocycles. The Morgan fingerprint density at radius 3 is 2.73 bits per heavy atom. The molecule has 1 aromatic carbocycles. The van der Waals surface area contributed by atoms with Gasteiger partial charge in [0.1, 0.15) is 11.6 Å². The zero-order valence-corrected chi connectivity index (χ0v) is 14.9. The van der Waals surface area contributed by atoms with Gasteiger partial charge in [0.05, 0.1) is 11.6 Å². The van der Waals surface area contributed by atoms with Gasteiger partial charge in [-0.2, -0.15) is 0 Å². The zero-order valence-electron chi connectivity index (χ0n) is 14.1. The number of hydrogen-bond acceptors (Lipinski definition) is 5. The van der Waals surface area contributed by atoms with Crippen LogP contribution in [0.4, 0.5) is 5.82 Å². The smallest absolute Gasteiger partial charge is 0.255 e. The number of phenols is 1. The molecule has 2 aromatic heterocycles. The number of phenolic OH excluding ortho intramolecular Hbond substituents is 1. The monoisotopic (exact) mass is 365 g/mol. The number of nitrogens with one attached hydrogen (secondary N) is 1. The Bertz CT molecular complexity index is 936. The second kappa shape index (κ2) is 6.80. The number of aromatic nitrogens is 1. The summed E-state index contributed by atoms with van der Waals surface area (Å²) in [4.78, 5) is 18.2. The van der Waals surface area contributed by atoms with Crippen molar-refractivity contribution < 1.29 is 9.90 Å². The molecule has 1 fully saturated rings. The Hall–Kier alpha value is -2.86. The fourth-order valence-corrected chi connectivity index (χ4v) is 3.78. The molecular formula is C20H19N3O2S. The summed E-state index contributed by atoms with van der Waals surface area (Å²) in [6.07, 6.45) is 2.27. The molecule has 0 saturated heterocycles. The number of thiophene rings is 1. The number of nitrogen functional groups attached to an aromatic ring is 1. The molecule has 0 spiro atoms. The average Bonchev–Trinajstić information content (AvgIpc) is 3.34. The number of rotatable bonds is 5. The van der Waals surface area contributed by atoms with E-state index >= 15 is 0 Å². The first-order valence-electron chi connectivity index (χ1n) is 8.51. The molecule has 1 aliphatic rings. The quantitative estimate of drug-likeness (QED) is 0.641. The lowest BCUT2D eigenvalue weighted by atomic mass is 10.0. The maximum Gasteiger partial charge on any atom is 0.255 e. The Morgan fingerprint density at radius 2 is 2.08 bits per heavy atom. The van der Waals surface area contributed by atoms with Crippen LogP contribution in [0.15, 0.2) is 53.9 Å². The minimum Gasteiger partial charge on any atom is -0.508 e. The lowest BCUT2D eigenvalue weighted by molar-refractivity contribution is 0.0944. The summed E-state index contributed by atoms with van der Waals surface area (Å²) in [5.41, 5.74) is 8.17. The van der Waals surface area contributed by atoms with E-state index < -0.39 is 0 Å². The van der Waals surface area contributed by atoms with Crippen molar-refractivity contribution in [1.82, 2.24) is 10.3 Å². The molecule has 1 saturated carbocycles. The fourth-order valence-electron chi connectivity index (χ4n) is 2.98. The third kappa shape index (κ3) is 3.41. The van der Waals surface area contributed by atoms with Gasteiger partial charge in [-0.25, -0.2) is 4.98 Å². The number of benzene rings is 1. The number of anilines is 1. The van der Waals surface area contributed by atoms with Gasteiger partial charge < -0.3 is 16.2 Å². The van der Waals surface area contributed by atoms with Gasteiger partial charge in [-0.05, 0) is 54.1 Å². The number of aromatic hydroxyl groups is 1. The van der Waals surface area contributed by atoms with Crippen LogP contribution >= 0.6 is 11.3 Å². The van der Waals surface area contributed by atoms with Crippen molar-refractivity contribution in [3.8, 4) is 5.75 Å². The highest BCUT2D eigenvalue weighted by molar-refractivity contribution is 7.10. The van der Waals surface area contributed by atoms with E-state index in [2.05, 4.69) is 10.3 Å². The van der Waals surface area contributed by atoms with Crippen LogP contribution in [0.25, 0.3) is 0 Å². The molecule has 1 amide bonds. The highest BCUT2D eigenvalue weighted by Gasteiger charge is 2.26. The van der Waals surface area contributed by atoms with E-state index in [4.69, 9.17) is 5.73 Å². The molecule has 2 heterocycles. The predicted molar refractivity (Wildman–Crippen MR) is 102 cm³/mol. The summed E-state index contributed by atoms with van der Waals surface area (Å²) in [5, 5.41) is 14.8. The molecule has 5 nitrogen and oxygen atoms in total. The van der Waals surface area contributed by atoms with Crippen LogP contribution in [0.1, 0.15) is 51.3 Å². The van der Waals surface area contributed by atoms with E-state index in [1.165, 1.54) is 0 Å². The maximum absolute atomic E-state index is 12.8. The molecule has 3 aromatic rings. The van der Waals surface area contributed by atoms with E-state index in [9.17, 15) is 9.90 Å². The van der Waals surface area contributed by atoms with Crippen molar-refractivity contribution in [3.05, 3.63) is 75.6 Å². The summed E-state index contributed by atoms with van der Waals surface area (Å²) in [5.74, 6) is 0.626. The van der Waals surface area contributed by atoms with Crippen molar-refractivity contribution in [2.45, 2.75) is 24.8 Å². The summed E-state index contributed by atoms with van der Waals surface area (Å²) in [6, 6.07) is 14.1. The molecule has 1 atom stereocenters. The SMILES string of the molecule is Nc1nc(C2CC2)ccc1C(=O)NC(c1cccc(O)c1)c1cccs1. The van der Waals surface area contributed by atoms with E-state index in [0.717, 1.165) is 29.0 Å². The van der Waals surface area contributed by atoms with Crippen molar-refractivity contribution >= 4 is 23.1 Å². The van der Waals surface area contributed by atoms with Crippen molar-refractivity contribution in [2.24, 2.45) is 0 Å². The van der Waals surface area contributed by atoms with Crippen LogP contribution in [-0.4, -0.2) is 16.0 Å². The molecule has 4 N–H and O–H groups in total. The van der Waals surface area contributed by atoms with E-state index in [1.54, 1.807) is 35.6 Å². The number of carbonyl (C=O) groups excluding carboxylic acids is 1. The van der Waals surface area contributed by atoms with Crippen LogP contribution in [0, 0.1) is 0 Å². The highest BCUT2D eigenvalue weighted by Crippen LogP contribution is 2.39. The second-order valence-electron chi connectivity index (χ2n) is 6.46. The number of hydrogen-bond donors (Lipinski definition) is 3. The first-order chi connectivity index (χ1) is 12.6. The Kier molecular flexibility index (Phi) is 4.34. The molecule has 1 unspecified atom stereocenters. The molecule has 1 aliphatic carbocycles. The summed E-state index contributed by atoms with van der Waals surface area (Å²) < 4.78 is 0. The maximum atomic E-state index is 12.8. The molecule has 0 radical (unpaired) electrons. The van der Waals surface area contributed by atoms with Crippen molar-refractivity contribution in [1.29, 1.82) is 0 Å². The third-order valence-corrected chi connectivity index (χ3v) is 5.43. The predicted octanol–water partition coefficient (Wildman–Crippen LogP) is 3.83. The minimum absolute atomic E-state index is 0.160. The molecule has 132 valence electrons. The minimum atomic E-state index is -0.364. The van der Waals surface area contributed by atoms with Crippen LogP contribution in [-0.2, 0) is 0 Å². The Labute approximate surface area is 155 Å². The number of carbonyl (C=O) groups is 1. The number of amides is 1. The van der Waals surface area contributed by atoms with Crippen molar-refractivity contribution in [3.63, 3.8) is 0 Å². The van der Waals surface area contributed by atoms with Gasteiger partial charge in [0.15, 0.2) is 0 Å². The van der Waals surface area contributed by atoms with Gasteiger partial charge in [0, 0.05) is 16.5 Å². The number of pyridine rings is 1. The number of nitrogens with two attached hydrogens (primary N) is 1. The van der Waals surface area contributed by atoms with Crippen LogP contribution < -0.4 is 11.1 Å². The van der Waals surface area contributed by atoms with E-state index in [1.807, 2.05) is 29.6 Å². The lowest BCUT2D eigenvalue weighted by Crippen LogP contribution is -2.29. The lowest BCUT2D eigenvalue weighted by Gasteiger charge is -2.19. The molecular weight excluding hydrogens is 346 g/mol. The first kappa shape index (κ1) is 16.6. The first-order valence-corrected chi connectivity index (χ1v) is 9.39. The third-order valence-electron chi connectivity index (χ3n) is 4.49. The Morgan fingerprint density at radius 1 is 1.23 bits per heavy atom. The van der Waals surface area contributed by atoms with Crippen molar-refractivity contribution in [2.75, 3.05) is 5.73 Å². The molecule has 26 heavy (non-hydrogen) atoms. The van der Waals surface area contributed by atoms with Gasteiger partial charge >= 0.3 is 0 Å². The Balaban J connectivity index is 1.62.